The second-order valence-electron chi connectivity index (χ2n) is 5.70. The van der Waals surface area contributed by atoms with Crippen LogP contribution in [0, 0.1) is 5.82 Å². The number of hydrogen-bond acceptors (Lipinski definition) is 2. The molecule has 0 saturated carbocycles. The van der Waals surface area contributed by atoms with E-state index in [2.05, 4.69) is 20.9 Å². The van der Waals surface area contributed by atoms with Crippen LogP contribution >= 0.6 is 24.0 Å². The first-order chi connectivity index (χ1) is 12.6. The molecule has 0 saturated heterocycles. The molecule has 3 N–H and O–H groups in total. The minimum Gasteiger partial charge on any atom is -0.357 e. The lowest BCUT2D eigenvalue weighted by Gasteiger charge is -2.12. The third-order valence-electron chi connectivity index (χ3n) is 3.72. The number of amides is 1. The largest absolute Gasteiger partial charge is 0.357 e. The zero-order valence-electron chi connectivity index (χ0n) is 15.6. The molecular weight excluding hydrogens is 458 g/mol. The van der Waals surface area contributed by atoms with E-state index in [1.54, 1.807) is 30.3 Å². The van der Waals surface area contributed by atoms with E-state index in [4.69, 9.17) is 0 Å². The monoisotopic (exact) mass is 484 g/mol. The Hall–Kier alpha value is -2.16. The summed E-state index contributed by atoms with van der Waals surface area (Å²) in [5, 5.41) is 9.04. The van der Waals surface area contributed by atoms with Gasteiger partial charge in [0.05, 0.1) is 6.54 Å². The molecule has 0 unspecified atom stereocenters. The lowest BCUT2D eigenvalue weighted by molar-refractivity contribution is 0.0956. The van der Waals surface area contributed by atoms with Crippen molar-refractivity contribution in [1.82, 2.24) is 16.0 Å². The Bertz CT molecular complexity index is 750. The van der Waals surface area contributed by atoms with E-state index in [-0.39, 0.29) is 35.7 Å². The summed E-state index contributed by atoms with van der Waals surface area (Å²) in [4.78, 5) is 16.3. The van der Waals surface area contributed by atoms with Gasteiger partial charge in [-0.25, -0.2) is 9.38 Å². The van der Waals surface area contributed by atoms with E-state index in [1.165, 1.54) is 6.07 Å². The molecule has 2 rings (SSSR count). The predicted molar refractivity (Wildman–Crippen MR) is 118 cm³/mol. The second kappa shape index (κ2) is 12.3. The van der Waals surface area contributed by atoms with E-state index in [9.17, 15) is 9.18 Å². The number of nitrogens with zero attached hydrogens (tertiary/aromatic N) is 1. The number of halogens is 2. The van der Waals surface area contributed by atoms with Gasteiger partial charge in [0.2, 0.25) is 0 Å². The van der Waals surface area contributed by atoms with Crippen LogP contribution in [0.5, 0.6) is 0 Å². The molecule has 0 aliphatic heterocycles. The highest BCUT2D eigenvalue weighted by Crippen LogP contribution is 2.07. The molecule has 0 heterocycles. The number of carbonyl (C=O) groups is 1. The fourth-order valence-electron chi connectivity index (χ4n) is 2.36. The SMILES string of the molecule is CCNC(=O)c1ccc(CN=C(NCC)NCc2ccccc2F)cc1.I. The van der Waals surface area contributed by atoms with Gasteiger partial charge in [-0.05, 0) is 37.6 Å². The Morgan fingerprint density at radius 1 is 0.963 bits per heavy atom. The quantitative estimate of drug-likeness (QED) is 0.321. The van der Waals surface area contributed by atoms with Crippen molar-refractivity contribution in [3.63, 3.8) is 0 Å². The molecule has 1 amide bonds. The molecule has 2 aromatic carbocycles. The van der Waals surface area contributed by atoms with Crippen molar-refractivity contribution in [3.05, 3.63) is 71.0 Å². The van der Waals surface area contributed by atoms with Crippen LogP contribution in [0.25, 0.3) is 0 Å². The maximum Gasteiger partial charge on any atom is 0.251 e. The number of guanidine groups is 1. The fourth-order valence-corrected chi connectivity index (χ4v) is 2.36. The Kier molecular flexibility index (Phi) is 10.4. The van der Waals surface area contributed by atoms with Crippen molar-refractivity contribution in [1.29, 1.82) is 0 Å². The summed E-state index contributed by atoms with van der Waals surface area (Å²) in [5.74, 6) is 0.294. The summed E-state index contributed by atoms with van der Waals surface area (Å²) in [5.41, 5.74) is 2.20. The number of nitrogens with one attached hydrogen (secondary N) is 3. The van der Waals surface area contributed by atoms with Crippen LogP contribution in [0.1, 0.15) is 35.3 Å². The van der Waals surface area contributed by atoms with Crippen molar-refractivity contribution < 1.29 is 9.18 Å². The molecule has 0 aliphatic carbocycles. The van der Waals surface area contributed by atoms with Crippen molar-refractivity contribution in [3.8, 4) is 0 Å². The number of hydrogen-bond donors (Lipinski definition) is 3. The fraction of sp³-hybridized carbons (Fsp3) is 0.300. The first-order valence-corrected chi connectivity index (χ1v) is 8.76. The minimum atomic E-state index is -0.239. The lowest BCUT2D eigenvalue weighted by atomic mass is 10.1. The van der Waals surface area contributed by atoms with Gasteiger partial charge >= 0.3 is 0 Å². The number of aliphatic imine (C=N–C) groups is 1. The van der Waals surface area contributed by atoms with Crippen LogP contribution in [0.4, 0.5) is 4.39 Å². The van der Waals surface area contributed by atoms with E-state index in [0.717, 1.165) is 5.56 Å². The van der Waals surface area contributed by atoms with Gasteiger partial charge in [-0.15, -0.1) is 24.0 Å². The Morgan fingerprint density at radius 3 is 2.26 bits per heavy atom. The van der Waals surface area contributed by atoms with Gasteiger partial charge in [0.15, 0.2) is 5.96 Å². The van der Waals surface area contributed by atoms with Crippen LogP contribution in [0.15, 0.2) is 53.5 Å². The standard InChI is InChI=1S/C20H25FN4O.HI/c1-3-22-19(26)16-11-9-15(10-12-16)13-24-20(23-4-2)25-14-17-7-5-6-8-18(17)21;/h5-12H,3-4,13-14H2,1-2H3,(H,22,26)(H2,23,24,25);1H. The van der Waals surface area contributed by atoms with Crippen LogP contribution in [-0.2, 0) is 13.1 Å². The lowest BCUT2D eigenvalue weighted by Crippen LogP contribution is -2.37. The Labute approximate surface area is 176 Å². The van der Waals surface area contributed by atoms with Gasteiger partial charge in [-0.2, -0.15) is 0 Å². The first kappa shape index (κ1) is 22.9. The van der Waals surface area contributed by atoms with Gasteiger partial charge < -0.3 is 16.0 Å². The average Bonchev–Trinajstić information content (AvgIpc) is 2.66. The number of carbonyl (C=O) groups excluding carboxylic acids is 1. The molecule has 0 radical (unpaired) electrons. The van der Waals surface area contributed by atoms with Crippen molar-refractivity contribution in [2.75, 3.05) is 13.1 Å². The third-order valence-corrected chi connectivity index (χ3v) is 3.72. The summed E-state index contributed by atoms with van der Waals surface area (Å²) in [6.45, 7) is 5.99. The number of rotatable bonds is 7. The first-order valence-electron chi connectivity index (χ1n) is 8.76. The summed E-state index contributed by atoms with van der Waals surface area (Å²) in [7, 11) is 0. The molecule has 5 nitrogen and oxygen atoms in total. The Morgan fingerprint density at radius 2 is 1.63 bits per heavy atom. The molecule has 0 bridgehead atoms. The highest BCUT2D eigenvalue weighted by Gasteiger charge is 2.05. The summed E-state index contributed by atoms with van der Waals surface area (Å²) < 4.78 is 13.7. The van der Waals surface area contributed by atoms with Gasteiger partial charge in [0.25, 0.3) is 5.91 Å². The van der Waals surface area contributed by atoms with E-state index in [1.807, 2.05) is 26.0 Å². The maximum atomic E-state index is 13.7. The van der Waals surface area contributed by atoms with Gasteiger partial charge in [0, 0.05) is 30.8 Å². The van der Waals surface area contributed by atoms with Crippen LogP contribution in [0.3, 0.4) is 0 Å². The smallest absolute Gasteiger partial charge is 0.251 e. The molecule has 0 fully saturated rings. The van der Waals surface area contributed by atoms with Crippen LogP contribution < -0.4 is 16.0 Å². The molecule has 0 spiro atoms. The zero-order chi connectivity index (χ0) is 18.8. The van der Waals surface area contributed by atoms with E-state index in [0.29, 0.717) is 43.3 Å². The molecule has 7 heteroatoms. The van der Waals surface area contributed by atoms with Crippen LogP contribution in [0.2, 0.25) is 0 Å². The average molecular weight is 484 g/mol. The second-order valence-corrected chi connectivity index (χ2v) is 5.70. The Balaban J connectivity index is 0.00000364. The molecule has 0 aliphatic rings. The third kappa shape index (κ3) is 7.54. The normalized spacial score (nSPS) is 10.7. The predicted octanol–water partition coefficient (Wildman–Crippen LogP) is 3.45. The summed E-state index contributed by atoms with van der Waals surface area (Å²) in [6.07, 6.45) is 0. The summed E-state index contributed by atoms with van der Waals surface area (Å²) in [6, 6.07) is 14.0. The van der Waals surface area contributed by atoms with Crippen molar-refractivity contribution in [2.24, 2.45) is 4.99 Å². The van der Waals surface area contributed by atoms with E-state index < -0.39 is 0 Å². The minimum absolute atomic E-state index is 0. The molecule has 146 valence electrons. The molecular formula is C20H26FIN4O. The van der Waals surface area contributed by atoms with Crippen molar-refractivity contribution >= 4 is 35.8 Å². The molecule has 0 atom stereocenters. The molecule has 27 heavy (non-hydrogen) atoms. The van der Waals surface area contributed by atoms with Gasteiger partial charge in [0.1, 0.15) is 5.82 Å². The van der Waals surface area contributed by atoms with Gasteiger partial charge in [-0.1, -0.05) is 30.3 Å². The topological polar surface area (TPSA) is 65.5 Å². The summed E-state index contributed by atoms with van der Waals surface area (Å²) >= 11 is 0. The van der Waals surface area contributed by atoms with Gasteiger partial charge in [-0.3, -0.25) is 4.79 Å². The highest BCUT2D eigenvalue weighted by atomic mass is 127. The maximum absolute atomic E-state index is 13.7. The molecule has 2 aromatic rings. The van der Waals surface area contributed by atoms with E-state index >= 15 is 0 Å². The number of benzene rings is 2. The highest BCUT2D eigenvalue weighted by molar-refractivity contribution is 14.0. The zero-order valence-corrected chi connectivity index (χ0v) is 17.9. The molecule has 0 aromatic heterocycles. The van der Waals surface area contributed by atoms with Crippen molar-refractivity contribution in [2.45, 2.75) is 26.9 Å². The van der Waals surface area contributed by atoms with Crippen LogP contribution in [-0.4, -0.2) is 25.0 Å².